The molecule has 20 heavy (non-hydrogen) atoms. The third-order valence-electron chi connectivity index (χ3n) is 3.02. The van der Waals surface area contributed by atoms with Crippen molar-refractivity contribution in [2.45, 2.75) is 51.9 Å². The van der Waals surface area contributed by atoms with Crippen LogP contribution in [-0.2, 0) is 4.74 Å². The summed E-state index contributed by atoms with van der Waals surface area (Å²) in [5.41, 5.74) is 1.21. The predicted octanol–water partition coefficient (Wildman–Crippen LogP) is 3.73. The molecule has 0 fully saturated rings. The Morgan fingerprint density at radius 3 is 2.25 bits per heavy atom. The Balaban J connectivity index is 3.92. The monoisotopic (exact) mass is 282 g/mol. The van der Waals surface area contributed by atoms with Crippen LogP contribution in [0.5, 0.6) is 0 Å². The van der Waals surface area contributed by atoms with E-state index in [0.29, 0.717) is 13.2 Å². The summed E-state index contributed by atoms with van der Waals surface area (Å²) in [6, 6.07) is 0. The van der Waals surface area contributed by atoms with E-state index in [9.17, 15) is 0 Å². The fourth-order valence-electron chi connectivity index (χ4n) is 2.01. The second kappa shape index (κ2) is 14.4. The molecule has 0 aliphatic carbocycles. The summed E-state index contributed by atoms with van der Waals surface area (Å²) >= 11 is 0. The van der Waals surface area contributed by atoms with Crippen molar-refractivity contribution in [1.82, 2.24) is 0 Å². The van der Waals surface area contributed by atoms with Crippen molar-refractivity contribution in [1.29, 1.82) is 0 Å². The highest BCUT2D eigenvalue weighted by atomic mass is 16.5. The number of hydrogen-bond acceptors (Lipinski definition) is 3. The number of allylic oxidation sites excluding steroid dienone is 5. The van der Waals surface area contributed by atoms with Gasteiger partial charge in [-0.1, -0.05) is 44.4 Å². The molecule has 0 saturated heterocycles. The first kappa shape index (κ1) is 18.9. The summed E-state index contributed by atoms with van der Waals surface area (Å²) in [5, 5.41) is 17.4. The van der Waals surface area contributed by atoms with Crippen LogP contribution in [0.1, 0.15) is 51.9 Å². The minimum atomic E-state index is 0.0412. The van der Waals surface area contributed by atoms with Gasteiger partial charge >= 0.3 is 0 Å². The van der Waals surface area contributed by atoms with Gasteiger partial charge < -0.3 is 14.9 Å². The van der Waals surface area contributed by atoms with E-state index in [-0.39, 0.29) is 6.61 Å². The average Bonchev–Trinajstić information content (AvgIpc) is 2.44. The summed E-state index contributed by atoms with van der Waals surface area (Å²) in [6.07, 6.45) is 13.7. The quantitative estimate of drug-likeness (QED) is 0.307. The molecule has 0 aromatic carbocycles. The molecule has 0 aromatic heterocycles. The number of aliphatic hydroxyl groups is 2. The highest BCUT2D eigenvalue weighted by molar-refractivity contribution is 5.24. The highest BCUT2D eigenvalue weighted by Gasteiger charge is 1.97. The van der Waals surface area contributed by atoms with Gasteiger partial charge in [-0.15, -0.1) is 0 Å². The molecule has 0 heterocycles. The standard InChI is InChI=1S/C17H30O3/c1-3-10-17(15-16(2)20-14-13-19)11-8-6-4-5-7-9-12-18/h3,10,15,18-19H,1,4-9,11-14H2,2H3/b16-15+,17-10-. The fraction of sp³-hybridized carbons (Fsp3) is 0.647. The van der Waals surface area contributed by atoms with Crippen LogP contribution in [0.15, 0.2) is 36.1 Å². The lowest BCUT2D eigenvalue weighted by Gasteiger charge is -2.07. The van der Waals surface area contributed by atoms with Crippen molar-refractivity contribution >= 4 is 0 Å². The molecule has 0 amide bonds. The number of ether oxygens (including phenoxy) is 1. The van der Waals surface area contributed by atoms with Crippen LogP contribution in [-0.4, -0.2) is 30.0 Å². The van der Waals surface area contributed by atoms with Gasteiger partial charge in [-0.3, -0.25) is 0 Å². The summed E-state index contributed by atoms with van der Waals surface area (Å²) < 4.78 is 5.35. The Morgan fingerprint density at radius 2 is 1.65 bits per heavy atom. The molecule has 3 nitrogen and oxygen atoms in total. The summed E-state index contributed by atoms with van der Waals surface area (Å²) in [5.74, 6) is 0.829. The van der Waals surface area contributed by atoms with E-state index in [4.69, 9.17) is 14.9 Å². The molecule has 116 valence electrons. The molecule has 0 unspecified atom stereocenters. The van der Waals surface area contributed by atoms with E-state index in [0.717, 1.165) is 31.4 Å². The minimum Gasteiger partial charge on any atom is -0.496 e. The van der Waals surface area contributed by atoms with Crippen molar-refractivity contribution in [2.75, 3.05) is 19.8 Å². The van der Waals surface area contributed by atoms with E-state index in [2.05, 4.69) is 6.58 Å². The first-order valence-corrected chi connectivity index (χ1v) is 7.59. The molecule has 0 radical (unpaired) electrons. The van der Waals surface area contributed by atoms with Gasteiger partial charge in [0.1, 0.15) is 6.61 Å². The van der Waals surface area contributed by atoms with Crippen LogP contribution >= 0.6 is 0 Å². The van der Waals surface area contributed by atoms with E-state index in [1.165, 1.54) is 24.8 Å². The van der Waals surface area contributed by atoms with Crippen molar-refractivity contribution in [3.05, 3.63) is 36.1 Å². The SMILES string of the molecule is C=C/C=C(\C=C(/C)OCCO)CCCCCCCCO. The Kier molecular flexibility index (Phi) is 13.6. The van der Waals surface area contributed by atoms with E-state index >= 15 is 0 Å². The van der Waals surface area contributed by atoms with Gasteiger partial charge in [0.15, 0.2) is 0 Å². The molecular weight excluding hydrogens is 252 g/mol. The van der Waals surface area contributed by atoms with Crippen LogP contribution in [0.2, 0.25) is 0 Å². The van der Waals surface area contributed by atoms with Crippen molar-refractivity contribution in [2.24, 2.45) is 0 Å². The zero-order valence-corrected chi connectivity index (χ0v) is 12.8. The van der Waals surface area contributed by atoms with Crippen LogP contribution in [0.3, 0.4) is 0 Å². The maximum Gasteiger partial charge on any atom is 0.111 e. The van der Waals surface area contributed by atoms with E-state index < -0.39 is 0 Å². The van der Waals surface area contributed by atoms with Crippen LogP contribution in [0, 0.1) is 0 Å². The second-order valence-electron chi connectivity index (χ2n) is 4.90. The molecule has 0 saturated carbocycles. The molecular formula is C17H30O3. The summed E-state index contributed by atoms with van der Waals surface area (Å²) in [7, 11) is 0. The van der Waals surface area contributed by atoms with Crippen LogP contribution in [0.25, 0.3) is 0 Å². The molecule has 0 aliphatic heterocycles. The van der Waals surface area contributed by atoms with Crippen molar-refractivity contribution in [3.63, 3.8) is 0 Å². The molecule has 0 aromatic rings. The zero-order chi connectivity index (χ0) is 15.1. The van der Waals surface area contributed by atoms with Gasteiger partial charge in [0.25, 0.3) is 0 Å². The second-order valence-corrected chi connectivity index (χ2v) is 4.90. The Morgan fingerprint density at radius 1 is 1.00 bits per heavy atom. The number of rotatable bonds is 13. The van der Waals surface area contributed by atoms with Crippen molar-refractivity contribution in [3.8, 4) is 0 Å². The van der Waals surface area contributed by atoms with Crippen LogP contribution in [0.4, 0.5) is 0 Å². The molecule has 0 aliphatic rings. The minimum absolute atomic E-state index is 0.0412. The fourth-order valence-corrected chi connectivity index (χ4v) is 2.01. The van der Waals surface area contributed by atoms with Gasteiger partial charge in [-0.25, -0.2) is 0 Å². The number of aliphatic hydroxyl groups excluding tert-OH is 2. The lowest BCUT2D eigenvalue weighted by molar-refractivity contribution is 0.146. The summed E-state index contributed by atoms with van der Waals surface area (Å²) in [6.45, 7) is 6.33. The normalized spacial score (nSPS) is 12.6. The van der Waals surface area contributed by atoms with Gasteiger partial charge in [0.05, 0.1) is 12.4 Å². The molecule has 2 N–H and O–H groups in total. The molecule has 0 spiro atoms. The van der Waals surface area contributed by atoms with Gasteiger partial charge in [0.2, 0.25) is 0 Å². The first-order chi connectivity index (χ1) is 9.74. The topological polar surface area (TPSA) is 49.7 Å². The average molecular weight is 282 g/mol. The lowest BCUT2D eigenvalue weighted by atomic mass is 10.0. The molecule has 0 bridgehead atoms. The van der Waals surface area contributed by atoms with Gasteiger partial charge in [0, 0.05) is 6.61 Å². The van der Waals surface area contributed by atoms with Gasteiger partial charge in [-0.05, 0) is 37.8 Å². The maximum atomic E-state index is 8.72. The number of hydrogen-bond donors (Lipinski definition) is 2. The highest BCUT2D eigenvalue weighted by Crippen LogP contribution is 2.15. The third-order valence-corrected chi connectivity index (χ3v) is 3.02. The Hall–Kier alpha value is -1.06. The molecule has 0 atom stereocenters. The Bertz CT molecular complexity index is 293. The first-order valence-electron chi connectivity index (χ1n) is 7.59. The van der Waals surface area contributed by atoms with Gasteiger partial charge in [-0.2, -0.15) is 0 Å². The Labute approximate surface area is 123 Å². The van der Waals surface area contributed by atoms with E-state index in [1.54, 1.807) is 6.08 Å². The molecule has 3 heteroatoms. The maximum absolute atomic E-state index is 8.72. The molecule has 0 rings (SSSR count). The number of unbranched alkanes of at least 4 members (excludes halogenated alkanes) is 5. The predicted molar refractivity (Wildman–Crippen MR) is 84.5 cm³/mol. The third kappa shape index (κ3) is 12.0. The summed E-state index contributed by atoms with van der Waals surface area (Å²) in [4.78, 5) is 0. The lowest BCUT2D eigenvalue weighted by Crippen LogP contribution is -1.97. The smallest absolute Gasteiger partial charge is 0.111 e. The zero-order valence-electron chi connectivity index (χ0n) is 12.8. The van der Waals surface area contributed by atoms with Crippen molar-refractivity contribution < 1.29 is 14.9 Å². The van der Waals surface area contributed by atoms with E-state index in [1.807, 2.05) is 19.1 Å². The van der Waals surface area contributed by atoms with Crippen LogP contribution < -0.4 is 0 Å². The largest absolute Gasteiger partial charge is 0.496 e.